The molecule has 1 amide bonds. The fraction of sp³-hybridized carbons (Fsp3) is 0.364. The van der Waals surface area contributed by atoms with Crippen molar-refractivity contribution < 1.29 is 22.9 Å². The number of hydrogen-bond donors (Lipinski definition) is 1. The van der Waals surface area contributed by atoms with E-state index in [1.165, 1.54) is 0 Å². The number of anilines is 1. The van der Waals surface area contributed by atoms with Gasteiger partial charge in [0.15, 0.2) is 5.56 Å². The first kappa shape index (κ1) is 16.2. The van der Waals surface area contributed by atoms with Gasteiger partial charge in [-0.2, -0.15) is 13.2 Å². The Morgan fingerprint density at radius 2 is 1.95 bits per heavy atom. The van der Waals surface area contributed by atoms with E-state index in [0.29, 0.717) is 6.07 Å². The topological polar surface area (TPSA) is 72.2 Å². The molecule has 1 N–H and O–H groups in total. The zero-order chi connectivity index (χ0) is 15.7. The average Bonchev–Trinajstić information content (AvgIpc) is 2.29. The summed E-state index contributed by atoms with van der Waals surface area (Å²) in [5.41, 5.74) is -3.06. The Bertz CT molecular complexity index is 559. The monoisotopic (exact) mass is 310 g/mol. The van der Waals surface area contributed by atoms with Crippen LogP contribution in [0.2, 0.25) is 5.02 Å². The predicted molar refractivity (Wildman–Crippen MR) is 66.6 cm³/mol. The summed E-state index contributed by atoms with van der Waals surface area (Å²) >= 11 is 5.55. The van der Waals surface area contributed by atoms with Crippen molar-refractivity contribution in [1.82, 2.24) is 0 Å². The molecule has 0 spiro atoms. The Balaban J connectivity index is 3.39. The summed E-state index contributed by atoms with van der Waals surface area (Å²) in [6.07, 6.45) is -5.00. The van der Waals surface area contributed by atoms with Gasteiger partial charge in [0, 0.05) is 12.0 Å². The Kier molecular flexibility index (Phi) is 4.59. The number of nitrogens with one attached hydrogen (secondary N) is 1. The first-order chi connectivity index (χ1) is 9.05. The van der Waals surface area contributed by atoms with Crippen LogP contribution in [0.1, 0.15) is 19.4 Å². The zero-order valence-electron chi connectivity index (χ0n) is 10.4. The molecule has 1 rings (SSSR count). The maximum atomic E-state index is 12.8. The second kappa shape index (κ2) is 5.66. The van der Waals surface area contributed by atoms with E-state index in [4.69, 9.17) is 11.6 Å². The normalized spacial score (nSPS) is 11.6. The lowest BCUT2D eigenvalue weighted by Crippen LogP contribution is -2.19. The second-order valence-corrected chi connectivity index (χ2v) is 4.60. The van der Waals surface area contributed by atoms with Crippen LogP contribution >= 0.6 is 11.6 Å². The molecule has 0 aliphatic rings. The number of nitro groups is 1. The molecular formula is C11H10ClF3N2O3. The average molecular weight is 311 g/mol. The van der Waals surface area contributed by atoms with Crippen LogP contribution in [0.5, 0.6) is 0 Å². The van der Waals surface area contributed by atoms with E-state index in [1.807, 2.05) is 0 Å². The summed E-state index contributed by atoms with van der Waals surface area (Å²) in [7, 11) is 0. The number of hydrogen-bond acceptors (Lipinski definition) is 3. The Labute approximate surface area is 116 Å². The molecular weight excluding hydrogens is 301 g/mol. The highest BCUT2D eigenvalue weighted by molar-refractivity contribution is 6.35. The van der Waals surface area contributed by atoms with Crippen molar-refractivity contribution in [2.45, 2.75) is 20.0 Å². The molecule has 0 unspecified atom stereocenters. The van der Waals surface area contributed by atoms with Gasteiger partial charge in [-0.25, -0.2) is 0 Å². The molecule has 0 heterocycles. The first-order valence-electron chi connectivity index (χ1n) is 5.40. The van der Waals surface area contributed by atoms with Crippen LogP contribution < -0.4 is 5.32 Å². The highest BCUT2D eigenvalue weighted by atomic mass is 35.5. The largest absolute Gasteiger partial charge is 0.424 e. The van der Waals surface area contributed by atoms with Gasteiger partial charge in [0.05, 0.1) is 15.6 Å². The van der Waals surface area contributed by atoms with Crippen LogP contribution in [0.25, 0.3) is 0 Å². The van der Waals surface area contributed by atoms with Gasteiger partial charge in [-0.3, -0.25) is 14.9 Å². The molecule has 0 fully saturated rings. The molecule has 110 valence electrons. The summed E-state index contributed by atoms with van der Waals surface area (Å²) < 4.78 is 38.5. The standard InChI is InChI=1S/C11H10ClF3N2O3/c1-5(2)10(18)16-6-3-4-7(17(19)20)8(9(6)12)11(13,14)15/h3-5H,1-2H3,(H,16,18). The third kappa shape index (κ3) is 3.38. The van der Waals surface area contributed by atoms with Gasteiger partial charge in [0.1, 0.15) is 0 Å². The number of rotatable bonds is 3. The smallest absolute Gasteiger partial charge is 0.325 e. The first-order valence-corrected chi connectivity index (χ1v) is 5.78. The highest BCUT2D eigenvalue weighted by Crippen LogP contribution is 2.43. The maximum absolute atomic E-state index is 12.8. The van der Waals surface area contributed by atoms with E-state index in [0.717, 1.165) is 6.07 Å². The van der Waals surface area contributed by atoms with Crippen LogP contribution in [-0.2, 0) is 11.0 Å². The molecule has 0 atom stereocenters. The number of carbonyl (C=O) groups is 1. The SMILES string of the molecule is CC(C)C(=O)Nc1ccc([N+](=O)[O-])c(C(F)(F)F)c1Cl. The van der Waals surface area contributed by atoms with Crippen LogP contribution in [0, 0.1) is 16.0 Å². The number of amides is 1. The molecule has 0 saturated carbocycles. The minimum absolute atomic E-state index is 0.316. The van der Waals surface area contributed by atoms with Crippen LogP contribution in [0.15, 0.2) is 12.1 Å². The molecule has 0 saturated heterocycles. The number of nitrogens with zero attached hydrogens (tertiary/aromatic N) is 1. The fourth-order valence-electron chi connectivity index (χ4n) is 1.36. The number of benzene rings is 1. The number of carbonyl (C=O) groups excluding carboxylic acids is 1. The molecule has 0 aliphatic heterocycles. The van der Waals surface area contributed by atoms with Crippen molar-refractivity contribution in [2.75, 3.05) is 5.32 Å². The van der Waals surface area contributed by atoms with Crippen LogP contribution in [0.3, 0.4) is 0 Å². The lowest BCUT2D eigenvalue weighted by molar-refractivity contribution is -0.388. The number of alkyl halides is 3. The minimum atomic E-state index is -5.00. The van der Waals surface area contributed by atoms with Crippen LogP contribution in [-0.4, -0.2) is 10.8 Å². The Morgan fingerprint density at radius 3 is 2.35 bits per heavy atom. The summed E-state index contributed by atoms with van der Waals surface area (Å²) in [4.78, 5) is 20.9. The van der Waals surface area contributed by atoms with E-state index in [1.54, 1.807) is 13.8 Å². The van der Waals surface area contributed by atoms with Crippen molar-refractivity contribution in [3.8, 4) is 0 Å². The molecule has 1 aromatic rings. The van der Waals surface area contributed by atoms with Crippen molar-refractivity contribution in [3.05, 3.63) is 32.8 Å². The zero-order valence-corrected chi connectivity index (χ0v) is 11.2. The number of halogens is 4. The summed E-state index contributed by atoms with van der Waals surface area (Å²) in [5, 5.41) is 11.9. The van der Waals surface area contributed by atoms with E-state index >= 15 is 0 Å². The molecule has 20 heavy (non-hydrogen) atoms. The van der Waals surface area contributed by atoms with Crippen molar-refractivity contribution >= 4 is 28.9 Å². The van der Waals surface area contributed by atoms with Gasteiger partial charge in [-0.15, -0.1) is 0 Å². The third-order valence-corrected chi connectivity index (χ3v) is 2.77. The van der Waals surface area contributed by atoms with E-state index in [9.17, 15) is 28.1 Å². The van der Waals surface area contributed by atoms with E-state index < -0.39 is 39.2 Å². The van der Waals surface area contributed by atoms with E-state index in [2.05, 4.69) is 5.32 Å². The molecule has 0 aliphatic carbocycles. The van der Waals surface area contributed by atoms with Gasteiger partial charge in [0.25, 0.3) is 5.69 Å². The van der Waals surface area contributed by atoms with Crippen molar-refractivity contribution in [1.29, 1.82) is 0 Å². The highest BCUT2D eigenvalue weighted by Gasteiger charge is 2.41. The molecule has 0 aromatic heterocycles. The quantitative estimate of drug-likeness (QED) is 0.680. The second-order valence-electron chi connectivity index (χ2n) is 4.22. The van der Waals surface area contributed by atoms with Gasteiger partial charge in [-0.1, -0.05) is 25.4 Å². The summed E-state index contributed by atoms with van der Waals surface area (Å²) in [5.74, 6) is -1.02. The van der Waals surface area contributed by atoms with Gasteiger partial charge in [-0.05, 0) is 6.07 Å². The fourth-order valence-corrected chi connectivity index (χ4v) is 1.68. The molecule has 5 nitrogen and oxygen atoms in total. The maximum Gasteiger partial charge on any atom is 0.424 e. The number of nitro benzene ring substituents is 1. The van der Waals surface area contributed by atoms with Gasteiger partial charge in [0.2, 0.25) is 5.91 Å². The summed E-state index contributed by atoms with van der Waals surface area (Å²) in [6.45, 7) is 3.08. The molecule has 0 bridgehead atoms. The summed E-state index contributed by atoms with van der Waals surface area (Å²) in [6, 6.07) is 1.63. The Morgan fingerprint density at radius 1 is 1.40 bits per heavy atom. The van der Waals surface area contributed by atoms with E-state index in [-0.39, 0.29) is 5.69 Å². The molecule has 9 heteroatoms. The molecule has 1 aromatic carbocycles. The third-order valence-electron chi connectivity index (χ3n) is 2.38. The van der Waals surface area contributed by atoms with Crippen molar-refractivity contribution in [2.24, 2.45) is 5.92 Å². The lowest BCUT2D eigenvalue weighted by atomic mass is 10.1. The van der Waals surface area contributed by atoms with Crippen molar-refractivity contribution in [3.63, 3.8) is 0 Å². The Hall–Kier alpha value is -1.83. The van der Waals surface area contributed by atoms with Gasteiger partial charge >= 0.3 is 6.18 Å². The minimum Gasteiger partial charge on any atom is -0.325 e. The predicted octanol–water partition coefficient (Wildman–Crippen LogP) is 3.86. The molecule has 0 radical (unpaired) electrons. The van der Waals surface area contributed by atoms with Gasteiger partial charge < -0.3 is 5.32 Å². The van der Waals surface area contributed by atoms with Crippen LogP contribution in [0.4, 0.5) is 24.5 Å². The lowest BCUT2D eigenvalue weighted by Gasteiger charge is -2.14.